The van der Waals surface area contributed by atoms with Gasteiger partial charge in [-0.1, -0.05) is 57.9 Å². The molecule has 0 fully saturated rings. The average Bonchev–Trinajstić information content (AvgIpc) is 2.39. The number of hydrogen-bond acceptors (Lipinski definition) is 1. The molecule has 2 heteroatoms. The predicted molar refractivity (Wildman–Crippen MR) is 78.8 cm³/mol. The third kappa shape index (κ3) is 3.09. The van der Waals surface area contributed by atoms with Gasteiger partial charge in [0.1, 0.15) is 0 Å². The third-order valence-corrected chi connectivity index (χ3v) is 3.19. The van der Waals surface area contributed by atoms with Crippen LogP contribution in [0.4, 0.5) is 0 Å². The van der Waals surface area contributed by atoms with Crippen molar-refractivity contribution in [1.29, 1.82) is 5.26 Å². The minimum atomic E-state index is 0.673. The van der Waals surface area contributed by atoms with Gasteiger partial charge in [-0.05, 0) is 36.3 Å². The molecule has 0 N–H and O–H groups in total. The first-order valence-corrected chi connectivity index (χ1v) is 6.43. The van der Waals surface area contributed by atoms with Crippen molar-refractivity contribution >= 4 is 27.6 Å². The van der Waals surface area contributed by atoms with E-state index < -0.39 is 0 Å². The van der Waals surface area contributed by atoms with Crippen LogP contribution in [0.2, 0.25) is 0 Å². The van der Waals surface area contributed by atoms with E-state index in [0.29, 0.717) is 5.57 Å². The van der Waals surface area contributed by atoms with Crippen LogP contribution in [-0.2, 0) is 0 Å². The molecule has 0 aliphatic carbocycles. The highest BCUT2D eigenvalue weighted by Crippen LogP contribution is 2.20. The van der Waals surface area contributed by atoms with Crippen LogP contribution in [0.25, 0.3) is 11.6 Å². The molecule has 0 aliphatic rings. The molecule has 0 atom stereocenters. The maximum absolute atomic E-state index is 9.23. The fraction of sp³-hybridized carbons (Fsp3) is 0.0625. The summed E-state index contributed by atoms with van der Waals surface area (Å²) in [6.45, 7) is 2.05. The van der Waals surface area contributed by atoms with E-state index in [4.69, 9.17) is 0 Å². The number of rotatable bonds is 2. The number of hydrogen-bond donors (Lipinski definition) is 0. The fourth-order valence-corrected chi connectivity index (χ4v) is 1.90. The standard InChI is InChI=1S/C16H12BrN/c1-12-2-4-13(5-3-12)10-15(11-18)14-6-8-16(17)9-7-14/h2-10H,1H3/b15-10-. The normalized spacial score (nSPS) is 11.1. The first-order chi connectivity index (χ1) is 8.69. The van der Waals surface area contributed by atoms with Gasteiger partial charge in [0, 0.05) is 4.47 Å². The molecule has 2 aromatic rings. The first kappa shape index (κ1) is 12.6. The second-order valence-electron chi connectivity index (χ2n) is 4.09. The quantitative estimate of drug-likeness (QED) is 0.576. The Morgan fingerprint density at radius 1 is 1.06 bits per heavy atom. The average molecular weight is 298 g/mol. The van der Waals surface area contributed by atoms with Crippen LogP contribution < -0.4 is 0 Å². The molecule has 2 rings (SSSR count). The van der Waals surface area contributed by atoms with Gasteiger partial charge in [-0.3, -0.25) is 0 Å². The summed E-state index contributed by atoms with van der Waals surface area (Å²) in [6.07, 6.45) is 1.91. The summed E-state index contributed by atoms with van der Waals surface area (Å²) < 4.78 is 1.01. The summed E-state index contributed by atoms with van der Waals surface area (Å²) in [5, 5.41) is 9.23. The van der Waals surface area contributed by atoms with Crippen molar-refractivity contribution in [2.24, 2.45) is 0 Å². The molecular weight excluding hydrogens is 286 g/mol. The minimum Gasteiger partial charge on any atom is -0.192 e. The molecule has 0 aliphatic heterocycles. The van der Waals surface area contributed by atoms with Gasteiger partial charge < -0.3 is 0 Å². The highest BCUT2D eigenvalue weighted by Gasteiger charge is 2.00. The van der Waals surface area contributed by atoms with Crippen molar-refractivity contribution in [2.45, 2.75) is 6.92 Å². The zero-order valence-electron chi connectivity index (χ0n) is 10.0. The number of halogens is 1. The Kier molecular flexibility index (Phi) is 3.96. The Bertz CT molecular complexity index is 601. The van der Waals surface area contributed by atoms with E-state index in [1.165, 1.54) is 5.56 Å². The number of benzene rings is 2. The molecule has 0 aromatic heterocycles. The lowest BCUT2D eigenvalue weighted by atomic mass is 10.0. The van der Waals surface area contributed by atoms with Gasteiger partial charge in [0.2, 0.25) is 0 Å². The van der Waals surface area contributed by atoms with Crippen molar-refractivity contribution in [3.63, 3.8) is 0 Å². The van der Waals surface area contributed by atoms with E-state index >= 15 is 0 Å². The molecule has 0 unspecified atom stereocenters. The van der Waals surface area contributed by atoms with Gasteiger partial charge in [0.05, 0.1) is 11.6 Å². The molecule has 0 radical (unpaired) electrons. The molecule has 0 amide bonds. The molecule has 1 nitrogen and oxygen atoms in total. The molecule has 0 spiro atoms. The van der Waals surface area contributed by atoms with Crippen LogP contribution in [0.15, 0.2) is 53.0 Å². The lowest BCUT2D eigenvalue weighted by molar-refractivity contribution is 1.46. The molecule has 0 saturated carbocycles. The predicted octanol–water partition coefficient (Wildman–Crippen LogP) is 4.82. The molecule has 2 aromatic carbocycles. The highest BCUT2D eigenvalue weighted by molar-refractivity contribution is 9.10. The monoisotopic (exact) mass is 297 g/mol. The summed E-state index contributed by atoms with van der Waals surface area (Å²) in [7, 11) is 0. The lowest BCUT2D eigenvalue weighted by Crippen LogP contribution is -1.82. The SMILES string of the molecule is Cc1ccc(/C=C(/C#N)c2ccc(Br)cc2)cc1. The van der Waals surface area contributed by atoms with Crippen LogP contribution in [0, 0.1) is 18.3 Å². The molecule has 0 saturated heterocycles. The number of nitriles is 1. The van der Waals surface area contributed by atoms with E-state index in [9.17, 15) is 5.26 Å². The maximum atomic E-state index is 9.23. The van der Waals surface area contributed by atoms with Gasteiger partial charge in [-0.25, -0.2) is 0 Å². The van der Waals surface area contributed by atoms with Crippen molar-refractivity contribution in [2.75, 3.05) is 0 Å². The van der Waals surface area contributed by atoms with E-state index in [1.807, 2.05) is 61.5 Å². The Balaban J connectivity index is 2.37. The van der Waals surface area contributed by atoms with Gasteiger partial charge >= 0.3 is 0 Å². The van der Waals surface area contributed by atoms with E-state index in [2.05, 4.69) is 22.0 Å². The zero-order valence-corrected chi connectivity index (χ0v) is 11.6. The number of nitrogens with zero attached hydrogens (tertiary/aromatic N) is 1. The lowest BCUT2D eigenvalue weighted by Gasteiger charge is -2.00. The number of aryl methyl sites for hydroxylation is 1. The minimum absolute atomic E-state index is 0.673. The van der Waals surface area contributed by atoms with Crippen LogP contribution in [-0.4, -0.2) is 0 Å². The largest absolute Gasteiger partial charge is 0.192 e. The molecule has 88 valence electrons. The summed E-state index contributed by atoms with van der Waals surface area (Å²) >= 11 is 3.39. The third-order valence-electron chi connectivity index (χ3n) is 2.66. The second kappa shape index (κ2) is 5.66. The first-order valence-electron chi connectivity index (χ1n) is 5.63. The molecular formula is C16H12BrN. The van der Waals surface area contributed by atoms with Crippen LogP contribution in [0.5, 0.6) is 0 Å². The summed E-state index contributed by atoms with van der Waals surface area (Å²) in [6, 6.07) is 18.1. The van der Waals surface area contributed by atoms with E-state index in [1.54, 1.807) is 0 Å². The molecule has 0 bridgehead atoms. The zero-order chi connectivity index (χ0) is 13.0. The Labute approximate surface area is 116 Å². The van der Waals surface area contributed by atoms with Crippen molar-refractivity contribution < 1.29 is 0 Å². The van der Waals surface area contributed by atoms with Crippen LogP contribution in [0.1, 0.15) is 16.7 Å². The van der Waals surface area contributed by atoms with Gasteiger partial charge in [0.15, 0.2) is 0 Å². The summed E-state index contributed by atoms with van der Waals surface area (Å²) in [5.74, 6) is 0. The Morgan fingerprint density at radius 2 is 1.67 bits per heavy atom. The molecule has 0 heterocycles. The van der Waals surface area contributed by atoms with Gasteiger partial charge in [0.25, 0.3) is 0 Å². The van der Waals surface area contributed by atoms with E-state index in [0.717, 1.165) is 15.6 Å². The smallest absolute Gasteiger partial charge is 0.0998 e. The van der Waals surface area contributed by atoms with Crippen LogP contribution in [0.3, 0.4) is 0 Å². The van der Waals surface area contributed by atoms with Crippen LogP contribution >= 0.6 is 15.9 Å². The van der Waals surface area contributed by atoms with Crippen molar-refractivity contribution in [1.82, 2.24) is 0 Å². The summed E-state index contributed by atoms with van der Waals surface area (Å²) in [5.41, 5.74) is 3.86. The number of allylic oxidation sites excluding steroid dienone is 1. The maximum Gasteiger partial charge on any atom is 0.0998 e. The van der Waals surface area contributed by atoms with E-state index in [-0.39, 0.29) is 0 Å². The summed E-state index contributed by atoms with van der Waals surface area (Å²) in [4.78, 5) is 0. The topological polar surface area (TPSA) is 23.8 Å². The van der Waals surface area contributed by atoms with Crippen molar-refractivity contribution in [3.8, 4) is 6.07 Å². The highest BCUT2D eigenvalue weighted by atomic mass is 79.9. The molecule has 18 heavy (non-hydrogen) atoms. The Hall–Kier alpha value is -1.85. The second-order valence-corrected chi connectivity index (χ2v) is 5.00. The van der Waals surface area contributed by atoms with Gasteiger partial charge in [-0.15, -0.1) is 0 Å². The fourth-order valence-electron chi connectivity index (χ4n) is 1.64. The van der Waals surface area contributed by atoms with Crippen molar-refractivity contribution in [3.05, 3.63) is 69.7 Å². The van der Waals surface area contributed by atoms with Gasteiger partial charge in [-0.2, -0.15) is 5.26 Å². The Morgan fingerprint density at radius 3 is 2.22 bits per heavy atom.